The highest BCUT2D eigenvalue weighted by Crippen LogP contribution is 2.44. The highest BCUT2D eigenvalue weighted by atomic mass is 15.1. The molecule has 0 aliphatic heterocycles. The van der Waals surface area contributed by atoms with Crippen LogP contribution < -0.4 is 9.80 Å². The second-order valence-electron chi connectivity index (χ2n) is 18.4. The van der Waals surface area contributed by atoms with Gasteiger partial charge in [0, 0.05) is 67.0 Å². The maximum absolute atomic E-state index is 10.9. The summed E-state index contributed by atoms with van der Waals surface area (Å²) in [5, 5.41) is 15.4. The maximum atomic E-state index is 10.9. The number of hydrogen-bond acceptors (Lipinski definition) is 3. The van der Waals surface area contributed by atoms with Crippen LogP contribution in [0.5, 0.6) is 0 Å². The molecule has 0 amide bonds. The van der Waals surface area contributed by atoms with E-state index in [0.717, 1.165) is 100 Å². The third kappa shape index (κ3) is 7.51. The van der Waals surface area contributed by atoms with Crippen molar-refractivity contribution < 1.29 is 0 Å². The van der Waals surface area contributed by atoms with Gasteiger partial charge in [-0.05, 0) is 156 Å². The highest BCUT2D eigenvalue weighted by molar-refractivity contribution is 6.12. The predicted molar refractivity (Wildman–Crippen MR) is 306 cm³/mol. The molecule has 0 atom stereocenters. The van der Waals surface area contributed by atoms with Crippen LogP contribution in [-0.2, 0) is 0 Å². The summed E-state index contributed by atoms with van der Waals surface area (Å²) in [5.41, 5.74) is 16.7. The quantitative estimate of drug-likeness (QED) is 0.128. The van der Waals surface area contributed by atoms with E-state index in [0.29, 0.717) is 22.4 Å². The van der Waals surface area contributed by atoms with Crippen LogP contribution in [0.4, 0.5) is 39.8 Å². The molecule has 6 nitrogen and oxygen atoms in total. The molecule has 2 aromatic heterocycles. The predicted octanol–water partition coefficient (Wildman–Crippen LogP) is 18.6. The molecule has 0 fully saturated rings. The van der Waals surface area contributed by atoms with Crippen molar-refractivity contribution in [1.82, 2.24) is 9.13 Å². The van der Waals surface area contributed by atoms with Gasteiger partial charge >= 0.3 is 0 Å². The summed E-state index contributed by atoms with van der Waals surface area (Å²) < 4.78 is 4.60. The number of benzene rings is 11. The summed E-state index contributed by atoms with van der Waals surface area (Å²) in [6.07, 6.45) is 0. The molecule has 6 heteroatoms. The summed E-state index contributed by atoms with van der Waals surface area (Å²) in [7, 11) is 0. The van der Waals surface area contributed by atoms with Crippen molar-refractivity contribution in [3.8, 4) is 39.7 Å². The number of hydrogen-bond donors (Lipinski definition) is 0. The Morgan fingerprint density at radius 1 is 0.338 bits per heavy atom. The molecular formula is C68H44N6. The minimum atomic E-state index is 0.473. The largest absolute Gasteiger partial charge is 0.310 e. The molecule has 0 aliphatic carbocycles. The zero-order chi connectivity index (χ0) is 49.5. The molecule has 0 spiro atoms. The SMILES string of the molecule is [C-]#[N+]c1cc(-c2cccc(-n3c4ccccc4c4cc(N(c5ccccc5)c5ccccc5)ccc43)c2)c(C#N)cc1-c1cccc(-n2c3ccccc3c3cc(N(c4ccccc4)c4ccccc4)ccc32)c1. The van der Waals surface area contributed by atoms with Gasteiger partial charge in [0.25, 0.3) is 0 Å². The molecule has 13 rings (SSSR count). The van der Waals surface area contributed by atoms with E-state index < -0.39 is 0 Å². The Morgan fingerprint density at radius 3 is 1.15 bits per heavy atom. The van der Waals surface area contributed by atoms with Crippen LogP contribution in [0.3, 0.4) is 0 Å². The monoisotopic (exact) mass is 944 g/mol. The molecule has 13 aromatic rings. The Hall–Kier alpha value is -10.4. The first kappa shape index (κ1) is 43.6. The number of anilines is 6. The molecule has 0 N–H and O–H groups in total. The standard InChI is InChI=1S/C68H44N6/c1-70-64-45-60(47-20-18-30-54(40-47)73-65-34-16-14-32-58(65)62-43-56(36-38-67(62)73)71(50-22-6-2-7-23-50)51-24-8-3-9-25-51)49(46-69)42-61(64)48-21-19-31-55(41-48)74-66-35-17-15-33-59(66)63-44-57(37-39-68(63)74)72(52-26-10-4-11-27-52)53-28-12-5-13-29-53/h2-45H. The molecule has 0 aliphatic rings. The maximum Gasteiger partial charge on any atom is 0.195 e. The average molecular weight is 945 g/mol. The van der Waals surface area contributed by atoms with Gasteiger partial charge < -0.3 is 18.9 Å². The first-order valence-electron chi connectivity index (χ1n) is 24.7. The Kier molecular flexibility index (Phi) is 10.8. The van der Waals surface area contributed by atoms with Gasteiger partial charge in [-0.15, -0.1) is 0 Å². The first-order valence-corrected chi connectivity index (χ1v) is 24.7. The lowest BCUT2D eigenvalue weighted by molar-refractivity contribution is 1.18. The van der Waals surface area contributed by atoms with Gasteiger partial charge in [0.1, 0.15) is 0 Å². The van der Waals surface area contributed by atoms with E-state index in [4.69, 9.17) is 6.57 Å². The summed E-state index contributed by atoms with van der Waals surface area (Å²) in [6, 6.07) is 95.2. The fourth-order valence-electron chi connectivity index (χ4n) is 10.8. The number of fused-ring (bicyclic) bond motifs is 6. The Labute approximate surface area is 429 Å². The number of para-hydroxylation sites is 6. The van der Waals surface area contributed by atoms with Crippen molar-refractivity contribution in [2.45, 2.75) is 0 Å². The molecule has 0 unspecified atom stereocenters. The summed E-state index contributed by atoms with van der Waals surface area (Å²) >= 11 is 0. The zero-order valence-electron chi connectivity index (χ0n) is 40.1. The van der Waals surface area contributed by atoms with Crippen molar-refractivity contribution in [1.29, 1.82) is 5.26 Å². The molecule has 0 saturated carbocycles. The number of nitriles is 1. The van der Waals surface area contributed by atoms with E-state index in [2.05, 4.69) is 236 Å². The van der Waals surface area contributed by atoms with Crippen LogP contribution in [0.15, 0.2) is 267 Å². The van der Waals surface area contributed by atoms with Gasteiger partial charge in [-0.25, -0.2) is 4.85 Å². The van der Waals surface area contributed by atoms with Crippen LogP contribution in [0.25, 0.3) is 82.1 Å². The van der Waals surface area contributed by atoms with Gasteiger partial charge in [0.15, 0.2) is 5.69 Å². The molecule has 2 heterocycles. The smallest absolute Gasteiger partial charge is 0.195 e. The number of rotatable bonds is 10. The molecule has 11 aromatic carbocycles. The molecule has 0 bridgehead atoms. The van der Waals surface area contributed by atoms with Crippen molar-refractivity contribution >= 4 is 83.4 Å². The normalized spacial score (nSPS) is 11.2. The van der Waals surface area contributed by atoms with Crippen molar-refractivity contribution in [2.24, 2.45) is 0 Å². The van der Waals surface area contributed by atoms with Gasteiger partial charge in [0.05, 0.1) is 40.3 Å². The van der Waals surface area contributed by atoms with Gasteiger partial charge in [0.2, 0.25) is 0 Å². The molecule has 0 radical (unpaired) electrons. The summed E-state index contributed by atoms with van der Waals surface area (Å²) in [4.78, 5) is 8.69. The minimum absolute atomic E-state index is 0.473. The third-order valence-electron chi connectivity index (χ3n) is 14.1. The molecule has 346 valence electrons. The van der Waals surface area contributed by atoms with Gasteiger partial charge in [-0.2, -0.15) is 5.26 Å². The Bertz CT molecular complexity index is 3970. The first-order chi connectivity index (χ1) is 36.6. The fraction of sp³-hybridized carbons (Fsp3) is 0. The molecular weight excluding hydrogens is 901 g/mol. The third-order valence-corrected chi connectivity index (χ3v) is 14.1. The second kappa shape index (κ2) is 18.4. The van der Waals surface area contributed by atoms with Crippen LogP contribution in [0.1, 0.15) is 5.56 Å². The van der Waals surface area contributed by atoms with E-state index in [1.165, 1.54) is 0 Å². The topological polar surface area (TPSA) is 44.5 Å². The van der Waals surface area contributed by atoms with E-state index in [1.54, 1.807) is 0 Å². The van der Waals surface area contributed by atoms with Gasteiger partial charge in [-0.3, -0.25) is 0 Å². The van der Waals surface area contributed by atoms with E-state index in [9.17, 15) is 5.26 Å². The lowest BCUT2D eigenvalue weighted by atomic mass is 9.93. The molecule has 74 heavy (non-hydrogen) atoms. The number of aromatic nitrogens is 2. The zero-order valence-corrected chi connectivity index (χ0v) is 40.1. The summed E-state index contributed by atoms with van der Waals surface area (Å²) in [5.74, 6) is 0. The van der Waals surface area contributed by atoms with Crippen LogP contribution in [-0.4, -0.2) is 9.13 Å². The lowest BCUT2D eigenvalue weighted by Gasteiger charge is -2.25. The van der Waals surface area contributed by atoms with Crippen molar-refractivity contribution in [3.63, 3.8) is 0 Å². The number of nitrogens with zero attached hydrogens (tertiary/aromatic N) is 6. The molecule has 0 saturated heterocycles. The summed E-state index contributed by atoms with van der Waals surface area (Å²) in [6.45, 7) is 8.53. The van der Waals surface area contributed by atoms with E-state index in [1.807, 2.05) is 60.7 Å². The van der Waals surface area contributed by atoms with Crippen LogP contribution >= 0.6 is 0 Å². The van der Waals surface area contributed by atoms with Crippen molar-refractivity contribution in [2.75, 3.05) is 9.80 Å². The van der Waals surface area contributed by atoms with E-state index >= 15 is 0 Å². The van der Waals surface area contributed by atoms with Crippen molar-refractivity contribution in [3.05, 3.63) is 284 Å². The minimum Gasteiger partial charge on any atom is -0.310 e. The van der Waals surface area contributed by atoms with Crippen LogP contribution in [0.2, 0.25) is 0 Å². The van der Waals surface area contributed by atoms with Gasteiger partial charge in [-0.1, -0.05) is 133 Å². The average Bonchev–Trinajstić information content (AvgIpc) is 4.00. The Balaban J connectivity index is 0.888. The fourth-order valence-corrected chi connectivity index (χ4v) is 10.8. The van der Waals surface area contributed by atoms with E-state index in [-0.39, 0.29) is 0 Å². The second-order valence-corrected chi connectivity index (χ2v) is 18.4. The Morgan fingerprint density at radius 2 is 0.730 bits per heavy atom. The van der Waals surface area contributed by atoms with Crippen LogP contribution in [0, 0.1) is 17.9 Å². The lowest BCUT2D eigenvalue weighted by Crippen LogP contribution is -2.09. The highest BCUT2D eigenvalue weighted by Gasteiger charge is 2.21.